The maximum Gasteiger partial charge on any atom is 0.0931 e. The first-order valence-corrected chi connectivity index (χ1v) is 5.90. The molecule has 13 heavy (non-hydrogen) atoms. The lowest BCUT2D eigenvalue weighted by atomic mass is 10.3. The highest BCUT2D eigenvalue weighted by Gasteiger charge is 2.31. The summed E-state index contributed by atoms with van der Waals surface area (Å²) in [6.45, 7) is 4.45. The van der Waals surface area contributed by atoms with Crippen LogP contribution in [0.1, 0.15) is 18.2 Å². The Hall–Kier alpha value is -0.0500. The topological polar surface area (TPSA) is 12.0 Å². The molecule has 3 heteroatoms. The molecule has 1 saturated carbocycles. The highest BCUT2D eigenvalue weighted by molar-refractivity contribution is 7.16. The van der Waals surface area contributed by atoms with Gasteiger partial charge in [-0.05, 0) is 36.9 Å². The van der Waals surface area contributed by atoms with E-state index in [4.69, 9.17) is 11.6 Å². The van der Waals surface area contributed by atoms with Crippen molar-refractivity contribution < 1.29 is 0 Å². The molecule has 1 aliphatic rings. The molecule has 0 bridgehead atoms. The second-order valence-electron chi connectivity index (χ2n) is 3.81. The monoisotopic (exact) mass is 215 g/mol. The molecule has 1 fully saturated rings. The van der Waals surface area contributed by atoms with Gasteiger partial charge in [0.05, 0.1) is 4.34 Å². The molecule has 2 rings (SSSR count). The third-order valence-corrected chi connectivity index (χ3v) is 3.84. The Kier molecular flexibility index (Phi) is 2.92. The molecule has 1 heterocycles. The Morgan fingerprint density at radius 3 is 2.92 bits per heavy atom. The Morgan fingerprint density at radius 1 is 1.62 bits per heavy atom. The Labute approximate surface area is 88.1 Å². The van der Waals surface area contributed by atoms with Gasteiger partial charge in [-0.1, -0.05) is 18.5 Å². The van der Waals surface area contributed by atoms with Crippen LogP contribution in [-0.4, -0.2) is 6.54 Å². The molecule has 2 atom stereocenters. The second kappa shape index (κ2) is 3.99. The molecule has 1 aliphatic carbocycles. The molecule has 1 N–H and O–H groups in total. The van der Waals surface area contributed by atoms with Crippen molar-refractivity contribution in [2.45, 2.75) is 19.9 Å². The fourth-order valence-corrected chi connectivity index (χ4v) is 2.57. The average molecular weight is 216 g/mol. The number of thiophene rings is 1. The number of hydrogen-bond donors (Lipinski definition) is 1. The molecule has 0 aromatic carbocycles. The smallest absolute Gasteiger partial charge is 0.0931 e. The van der Waals surface area contributed by atoms with Gasteiger partial charge >= 0.3 is 0 Å². The molecule has 0 radical (unpaired) electrons. The van der Waals surface area contributed by atoms with Crippen LogP contribution in [0.2, 0.25) is 4.34 Å². The molecule has 2 unspecified atom stereocenters. The largest absolute Gasteiger partial charge is 0.312 e. The van der Waals surface area contributed by atoms with Gasteiger partial charge in [-0.3, -0.25) is 0 Å². The van der Waals surface area contributed by atoms with Crippen molar-refractivity contribution in [3.8, 4) is 0 Å². The van der Waals surface area contributed by atoms with E-state index in [0.29, 0.717) is 0 Å². The van der Waals surface area contributed by atoms with E-state index in [1.165, 1.54) is 11.3 Å². The van der Waals surface area contributed by atoms with E-state index in [1.54, 1.807) is 11.3 Å². The lowest BCUT2D eigenvalue weighted by Crippen LogP contribution is -2.15. The highest BCUT2D eigenvalue weighted by atomic mass is 35.5. The highest BCUT2D eigenvalue weighted by Crippen LogP contribution is 2.36. The predicted molar refractivity (Wildman–Crippen MR) is 58.3 cm³/mol. The van der Waals surface area contributed by atoms with Crippen LogP contribution >= 0.6 is 22.9 Å². The number of rotatable bonds is 4. The third-order valence-electron chi connectivity index (χ3n) is 2.61. The molecule has 0 aliphatic heterocycles. The van der Waals surface area contributed by atoms with Gasteiger partial charge in [-0.2, -0.15) is 0 Å². The van der Waals surface area contributed by atoms with E-state index in [0.717, 1.165) is 29.3 Å². The first-order valence-electron chi connectivity index (χ1n) is 4.70. The lowest BCUT2D eigenvalue weighted by molar-refractivity contribution is 0.616. The van der Waals surface area contributed by atoms with Crippen molar-refractivity contribution in [3.63, 3.8) is 0 Å². The van der Waals surface area contributed by atoms with E-state index in [-0.39, 0.29) is 0 Å². The van der Waals surface area contributed by atoms with E-state index in [2.05, 4.69) is 18.3 Å². The summed E-state index contributed by atoms with van der Waals surface area (Å²) in [5.74, 6) is 1.87. The molecule has 0 spiro atoms. The SMILES string of the molecule is CC1CC1CNCc1ccc(Cl)s1. The minimum absolute atomic E-state index is 0.886. The Morgan fingerprint density at radius 2 is 2.38 bits per heavy atom. The van der Waals surface area contributed by atoms with Gasteiger partial charge in [0, 0.05) is 11.4 Å². The van der Waals surface area contributed by atoms with Crippen LogP contribution < -0.4 is 5.32 Å². The van der Waals surface area contributed by atoms with Crippen molar-refractivity contribution in [1.82, 2.24) is 5.32 Å². The fraction of sp³-hybridized carbons (Fsp3) is 0.600. The molecule has 0 amide bonds. The summed E-state index contributed by atoms with van der Waals surface area (Å²) in [7, 11) is 0. The molecule has 0 saturated heterocycles. The molecular weight excluding hydrogens is 202 g/mol. The van der Waals surface area contributed by atoms with Gasteiger partial charge in [0.1, 0.15) is 0 Å². The van der Waals surface area contributed by atoms with Crippen molar-refractivity contribution in [2.24, 2.45) is 11.8 Å². The van der Waals surface area contributed by atoms with Gasteiger partial charge in [0.25, 0.3) is 0 Å². The van der Waals surface area contributed by atoms with Gasteiger partial charge in [0.15, 0.2) is 0 Å². The van der Waals surface area contributed by atoms with Crippen molar-refractivity contribution in [1.29, 1.82) is 0 Å². The summed E-state index contributed by atoms with van der Waals surface area (Å²) in [6, 6.07) is 4.05. The molecule has 72 valence electrons. The molecule has 1 aromatic rings. The third kappa shape index (κ3) is 2.70. The first-order chi connectivity index (χ1) is 6.25. The first kappa shape index (κ1) is 9.50. The summed E-state index contributed by atoms with van der Waals surface area (Å²) in [5, 5.41) is 3.46. The Balaban J connectivity index is 1.68. The van der Waals surface area contributed by atoms with Crippen LogP contribution in [0.4, 0.5) is 0 Å². The zero-order valence-corrected chi connectivity index (χ0v) is 9.29. The van der Waals surface area contributed by atoms with Crippen LogP contribution in [0.3, 0.4) is 0 Å². The number of hydrogen-bond acceptors (Lipinski definition) is 2. The molecule has 1 nitrogen and oxygen atoms in total. The maximum absolute atomic E-state index is 5.83. The normalized spacial score (nSPS) is 26.3. The maximum atomic E-state index is 5.83. The van der Waals surface area contributed by atoms with Crippen LogP contribution in [0, 0.1) is 11.8 Å². The van der Waals surface area contributed by atoms with Crippen molar-refractivity contribution in [2.75, 3.05) is 6.54 Å². The zero-order valence-electron chi connectivity index (χ0n) is 7.72. The van der Waals surface area contributed by atoms with Crippen molar-refractivity contribution in [3.05, 3.63) is 21.3 Å². The van der Waals surface area contributed by atoms with E-state index < -0.39 is 0 Å². The average Bonchev–Trinajstić information content (AvgIpc) is 2.60. The second-order valence-corrected chi connectivity index (χ2v) is 5.61. The van der Waals surface area contributed by atoms with Gasteiger partial charge in [-0.25, -0.2) is 0 Å². The van der Waals surface area contributed by atoms with Crippen LogP contribution in [-0.2, 0) is 6.54 Å². The van der Waals surface area contributed by atoms with Crippen molar-refractivity contribution >= 4 is 22.9 Å². The van der Waals surface area contributed by atoms with E-state index in [9.17, 15) is 0 Å². The van der Waals surface area contributed by atoms with E-state index in [1.807, 2.05) is 6.07 Å². The van der Waals surface area contributed by atoms with Crippen LogP contribution in [0.25, 0.3) is 0 Å². The minimum atomic E-state index is 0.886. The summed E-state index contributed by atoms with van der Waals surface area (Å²) in [6.07, 6.45) is 1.40. The summed E-state index contributed by atoms with van der Waals surface area (Å²) in [4.78, 5) is 1.33. The standard InChI is InChI=1S/C10H14ClNS/c1-7-4-8(7)5-12-6-9-2-3-10(11)13-9/h2-3,7-8,12H,4-6H2,1H3. The zero-order chi connectivity index (χ0) is 9.26. The lowest BCUT2D eigenvalue weighted by Gasteiger charge is -2.00. The minimum Gasteiger partial charge on any atom is -0.312 e. The summed E-state index contributed by atoms with van der Waals surface area (Å²) >= 11 is 7.49. The quantitative estimate of drug-likeness (QED) is 0.814. The van der Waals surface area contributed by atoms with Gasteiger partial charge in [0.2, 0.25) is 0 Å². The summed E-state index contributed by atoms with van der Waals surface area (Å²) < 4.78 is 0.886. The molecular formula is C10H14ClNS. The fourth-order valence-electron chi connectivity index (χ4n) is 1.51. The predicted octanol–water partition coefficient (Wildman–Crippen LogP) is 3.15. The molecule has 1 aromatic heterocycles. The van der Waals surface area contributed by atoms with E-state index >= 15 is 0 Å². The van der Waals surface area contributed by atoms with Gasteiger partial charge < -0.3 is 5.32 Å². The summed E-state index contributed by atoms with van der Waals surface area (Å²) in [5.41, 5.74) is 0. The Bertz CT molecular complexity index is 284. The number of halogens is 1. The number of nitrogens with one attached hydrogen (secondary N) is 1. The van der Waals surface area contributed by atoms with Crippen LogP contribution in [0.5, 0.6) is 0 Å². The van der Waals surface area contributed by atoms with Crippen LogP contribution in [0.15, 0.2) is 12.1 Å². The van der Waals surface area contributed by atoms with Gasteiger partial charge in [-0.15, -0.1) is 11.3 Å².